The Hall–Kier alpha value is -3.39. The molecule has 0 aliphatic carbocycles. The lowest BCUT2D eigenvalue weighted by Crippen LogP contribution is -2.19. The summed E-state index contributed by atoms with van der Waals surface area (Å²) in [6.07, 6.45) is -7.68. The Labute approximate surface area is 196 Å². The summed E-state index contributed by atoms with van der Waals surface area (Å²) < 4.78 is 66.8. The molecule has 7 nitrogen and oxygen atoms in total. The van der Waals surface area contributed by atoms with E-state index in [1.165, 1.54) is 11.3 Å². The quantitative estimate of drug-likeness (QED) is 0.349. The topological polar surface area (TPSA) is 103 Å². The van der Waals surface area contributed by atoms with E-state index in [9.17, 15) is 31.5 Å². The minimum atomic E-state index is -4.77. The van der Waals surface area contributed by atoms with Gasteiger partial charge in [-0.1, -0.05) is 0 Å². The number of nitrogens with one attached hydrogen (secondary N) is 1. The van der Waals surface area contributed by atoms with Gasteiger partial charge in [-0.3, -0.25) is 14.3 Å². The molecule has 2 amide bonds. The lowest BCUT2D eigenvalue weighted by atomic mass is 10.1. The lowest BCUT2D eigenvalue weighted by Gasteiger charge is -2.10. The molecule has 0 spiro atoms. The summed E-state index contributed by atoms with van der Waals surface area (Å²) in [7, 11) is 1.15. The number of aromatic nitrogens is 3. The molecule has 0 fully saturated rings. The van der Waals surface area contributed by atoms with E-state index < -0.39 is 41.5 Å². The van der Waals surface area contributed by atoms with E-state index in [4.69, 9.17) is 5.73 Å². The van der Waals surface area contributed by atoms with E-state index >= 15 is 0 Å². The highest BCUT2D eigenvalue weighted by Crippen LogP contribution is 2.44. The Kier molecular flexibility index (Phi) is 5.89. The molecule has 0 bridgehead atoms. The number of alkyl halides is 5. The summed E-state index contributed by atoms with van der Waals surface area (Å²) in [5.74, 6) is -1.97. The molecule has 0 radical (unpaired) electrons. The van der Waals surface area contributed by atoms with Crippen LogP contribution < -0.4 is 11.1 Å². The van der Waals surface area contributed by atoms with Gasteiger partial charge in [-0.25, -0.2) is 13.8 Å². The first kappa shape index (κ1) is 23.8. The number of primary amides is 1. The van der Waals surface area contributed by atoms with Crippen LogP contribution in [0.4, 0.5) is 27.6 Å². The molecule has 0 atom stereocenters. The van der Waals surface area contributed by atoms with Gasteiger partial charge in [0.15, 0.2) is 5.69 Å². The molecule has 0 saturated carbocycles. The van der Waals surface area contributed by atoms with Gasteiger partial charge < -0.3 is 11.1 Å². The molecule has 34 heavy (non-hydrogen) atoms. The standard InChI is InChI=1S/C20H14F5N5O2S2/c1-7-3-4-11(33-7)8-5-9(16(21)22)27-19-13(8)14(15(34-19)17(26)31)28-18(32)10-6-12(20(23,24)25)29-30(10)2/h3-6,16H,1-2H3,(H2,26,31)(H,28,32). The van der Waals surface area contributed by atoms with Crippen LogP contribution in [0, 0.1) is 6.92 Å². The van der Waals surface area contributed by atoms with Crippen molar-refractivity contribution < 1.29 is 31.5 Å². The molecule has 178 valence electrons. The van der Waals surface area contributed by atoms with Crippen molar-refractivity contribution in [2.75, 3.05) is 5.32 Å². The second kappa shape index (κ2) is 8.43. The van der Waals surface area contributed by atoms with Crippen LogP contribution in [-0.4, -0.2) is 26.6 Å². The highest BCUT2D eigenvalue weighted by molar-refractivity contribution is 7.21. The number of anilines is 1. The number of nitrogens with two attached hydrogens (primary N) is 1. The summed E-state index contributed by atoms with van der Waals surface area (Å²) in [6, 6.07) is 5.16. The van der Waals surface area contributed by atoms with E-state index in [0.29, 0.717) is 22.3 Å². The smallest absolute Gasteiger partial charge is 0.365 e. The molecule has 0 aromatic carbocycles. The number of rotatable bonds is 5. The zero-order chi connectivity index (χ0) is 24.9. The maximum absolute atomic E-state index is 13.5. The van der Waals surface area contributed by atoms with Crippen LogP contribution >= 0.6 is 22.7 Å². The van der Waals surface area contributed by atoms with Gasteiger partial charge >= 0.3 is 6.18 Å². The van der Waals surface area contributed by atoms with Crippen LogP contribution in [0.25, 0.3) is 20.7 Å². The van der Waals surface area contributed by atoms with Gasteiger partial charge in [0.2, 0.25) is 0 Å². The van der Waals surface area contributed by atoms with Crippen molar-refractivity contribution in [3.8, 4) is 10.4 Å². The number of amides is 2. The van der Waals surface area contributed by atoms with Crippen molar-refractivity contribution in [1.82, 2.24) is 14.8 Å². The van der Waals surface area contributed by atoms with Crippen LogP contribution in [0.15, 0.2) is 24.3 Å². The number of halogens is 5. The molecule has 0 aliphatic heterocycles. The minimum Gasteiger partial charge on any atom is -0.365 e. The number of fused-ring (bicyclic) bond motifs is 1. The van der Waals surface area contributed by atoms with Crippen LogP contribution in [0.1, 0.15) is 42.9 Å². The average Bonchev–Trinajstić information content (AvgIpc) is 3.44. The van der Waals surface area contributed by atoms with Gasteiger partial charge in [0.25, 0.3) is 18.2 Å². The monoisotopic (exact) mass is 515 g/mol. The molecule has 14 heteroatoms. The number of thiophene rings is 2. The molecule has 4 rings (SSSR count). The number of aryl methyl sites for hydroxylation is 2. The summed E-state index contributed by atoms with van der Waals surface area (Å²) in [4.78, 5) is 30.2. The van der Waals surface area contributed by atoms with E-state index in [-0.39, 0.29) is 26.3 Å². The van der Waals surface area contributed by atoms with E-state index in [2.05, 4.69) is 15.4 Å². The Morgan fingerprint density at radius 2 is 1.88 bits per heavy atom. The second-order valence-corrected chi connectivity index (χ2v) is 9.43. The highest BCUT2D eigenvalue weighted by Gasteiger charge is 2.36. The van der Waals surface area contributed by atoms with Gasteiger partial charge in [0, 0.05) is 33.8 Å². The van der Waals surface area contributed by atoms with Crippen molar-refractivity contribution in [2.24, 2.45) is 12.8 Å². The summed E-state index contributed by atoms with van der Waals surface area (Å²) in [5.41, 5.74) is 3.36. The SMILES string of the molecule is Cc1ccc(-c2cc(C(F)F)nc3sc(C(N)=O)c(NC(=O)c4cc(C(F)(F)F)nn4C)c23)s1. The van der Waals surface area contributed by atoms with Crippen LogP contribution in [0.3, 0.4) is 0 Å². The van der Waals surface area contributed by atoms with Gasteiger partial charge in [0.1, 0.15) is 21.1 Å². The van der Waals surface area contributed by atoms with Crippen LogP contribution in [-0.2, 0) is 13.2 Å². The average molecular weight is 515 g/mol. The van der Waals surface area contributed by atoms with Crippen molar-refractivity contribution >= 4 is 50.4 Å². The summed E-state index contributed by atoms with van der Waals surface area (Å²) >= 11 is 1.99. The van der Waals surface area contributed by atoms with Crippen molar-refractivity contribution in [3.63, 3.8) is 0 Å². The third-order valence-electron chi connectivity index (χ3n) is 4.78. The number of carbonyl (C=O) groups excluding carboxylic acids is 2. The second-order valence-electron chi connectivity index (χ2n) is 7.15. The fourth-order valence-electron chi connectivity index (χ4n) is 3.29. The maximum atomic E-state index is 13.5. The number of nitrogens with zero attached hydrogens (tertiary/aromatic N) is 3. The number of hydrogen-bond donors (Lipinski definition) is 2. The fraction of sp³-hybridized carbons (Fsp3) is 0.200. The summed E-state index contributed by atoms with van der Waals surface area (Å²) in [6.45, 7) is 1.81. The molecular formula is C20H14F5N5O2S2. The number of carbonyl (C=O) groups is 2. The minimum absolute atomic E-state index is 0.0175. The lowest BCUT2D eigenvalue weighted by molar-refractivity contribution is -0.141. The first-order valence-electron chi connectivity index (χ1n) is 9.41. The Bertz CT molecular complexity index is 1440. The van der Waals surface area contributed by atoms with Gasteiger partial charge in [-0.15, -0.1) is 22.7 Å². The molecule has 4 aromatic rings. The van der Waals surface area contributed by atoms with Crippen LogP contribution in [0.2, 0.25) is 0 Å². The molecule has 0 saturated heterocycles. The van der Waals surface area contributed by atoms with Gasteiger partial charge in [-0.05, 0) is 25.1 Å². The van der Waals surface area contributed by atoms with Gasteiger partial charge in [-0.2, -0.15) is 18.3 Å². The van der Waals surface area contributed by atoms with E-state index in [0.717, 1.165) is 22.7 Å². The Morgan fingerprint density at radius 1 is 1.18 bits per heavy atom. The summed E-state index contributed by atoms with van der Waals surface area (Å²) in [5, 5.41) is 5.90. The maximum Gasteiger partial charge on any atom is 0.435 e. The van der Waals surface area contributed by atoms with Crippen molar-refractivity contribution in [3.05, 3.63) is 51.1 Å². The van der Waals surface area contributed by atoms with Crippen molar-refractivity contribution in [2.45, 2.75) is 19.5 Å². The molecule has 0 unspecified atom stereocenters. The Morgan fingerprint density at radius 3 is 2.41 bits per heavy atom. The predicted molar refractivity (Wildman–Crippen MR) is 117 cm³/mol. The highest BCUT2D eigenvalue weighted by atomic mass is 32.1. The zero-order valence-electron chi connectivity index (χ0n) is 17.3. The molecular weight excluding hydrogens is 501 g/mol. The number of hydrogen-bond acceptors (Lipinski definition) is 6. The first-order valence-corrected chi connectivity index (χ1v) is 11.0. The van der Waals surface area contributed by atoms with E-state index in [1.54, 1.807) is 12.1 Å². The third-order valence-corrected chi connectivity index (χ3v) is 6.91. The zero-order valence-corrected chi connectivity index (χ0v) is 19.0. The third kappa shape index (κ3) is 4.25. The van der Waals surface area contributed by atoms with E-state index in [1.807, 2.05) is 6.92 Å². The normalized spacial score (nSPS) is 12.0. The largest absolute Gasteiger partial charge is 0.435 e. The molecule has 0 aliphatic rings. The Balaban J connectivity index is 1.91. The first-order chi connectivity index (χ1) is 15.9. The van der Waals surface area contributed by atoms with Gasteiger partial charge in [0.05, 0.1) is 5.69 Å². The van der Waals surface area contributed by atoms with Crippen LogP contribution in [0.5, 0.6) is 0 Å². The fourth-order valence-corrected chi connectivity index (χ4v) is 5.20. The predicted octanol–water partition coefficient (Wildman–Crippen LogP) is 5.37. The number of pyridine rings is 1. The molecule has 4 heterocycles. The molecule has 3 N–H and O–H groups in total. The molecule has 4 aromatic heterocycles. The van der Waals surface area contributed by atoms with Crippen molar-refractivity contribution in [1.29, 1.82) is 0 Å².